The first-order chi connectivity index (χ1) is 13.4. The maximum atomic E-state index is 12.5. The van der Waals surface area contributed by atoms with E-state index in [1.54, 1.807) is 14.2 Å². The number of rotatable bonds is 7. The number of hydrogen-bond donors (Lipinski definition) is 1. The second-order valence-electron chi connectivity index (χ2n) is 6.74. The van der Waals surface area contributed by atoms with Crippen LogP contribution in [0.1, 0.15) is 49.7 Å². The monoisotopic (exact) mass is 384 g/mol. The van der Waals surface area contributed by atoms with Crippen LogP contribution in [-0.2, 0) is 11.3 Å². The molecule has 0 aromatic carbocycles. The minimum absolute atomic E-state index is 0.130. The molecular weight excluding hydrogens is 356 g/mol. The summed E-state index contributed by atoms with van der Waals surface area (Å²) in [5.74, 6) is -0.421. The smallest absolute Gasteiger partial charge is 0.341 e. The molecule has 1 aliphatic carbocycles. The minimum atomic E-state index is -1.21. The van der Waals surface area contributed by atoms with Crippen LogP contribution in [-0.4, -0.2) is 35.5 Å². The molecule has 0 radical (unpaired) electrons. The average Bonchev–Trinajstić information content (AvgIpc) is 2.69. The third-order valence-corrected chi connectivity index (χ3v) is 4.94. The van der Waals surface area contributed by atoms with Gasteiger partial charge in [-0.05, 0) is 30.4 Å². The van der Waals surface area contributed by atoms with Crippen LogP contribution in [0, 0.1) is 5.92 Å². The van der Waals surface area contributed by atoms with Gasteiger partial charge in [0.05, 0.1) is 7.11 Å². The first-order valence-corrected chi connectivity index (χ1v) is 9.51. The van der Waals surface area contributed by atoms with Gasteiger partial charge in [0.2, 0.25) is 0 Å². The number of allylic oxidation sites excluding steroid dienone is 5. The van der Waals surface area contributed by atoms with Crippen molar-refractivity contribution in [1.82, 2.24) is 4.57 Å². The lowest BCUT2D eigenvalue weighted by molar-refractivity contribution is 0.0694. The van der Waals surface area contributed by atoms with E-state index in [4.69, 9.17) is 4.74 Å². The molecule has 150 valence electrons. The maximum Gasteiger partial charge on any atom is 0.341 e. The van der Waals surface area contributed by atoms with Gasteiger partial charge in [-0.3, -0.25) is 9.79 Å². The number of nitrogens with zero attached hydrogens (tertiary/aromatic N) is 2. The molecule has 6 heteroatoms. The molecule has 28 heavy (non-hydrogen) atoms. The fourth-order valence-corrected chi connectivity index (χ4v) is 3.39. The zero-order valence-electron chi connectivity index (χ0n) is 17.2. The normalized spacial score (nSPS) is 18.0. The number of ether oxygens (including phenoxy) is 1. The number of methoxy groups -OCH3 is 1. The van der Waals surface area contributed by atoms with Gasteiger partial charge in [-0.15, -0.1) is 0 Å². The van der Waals surface area contributed by atoms with E-state index in [-0.39, 0.29) is 11.5 Å². The summed E-state index contributed by atoms with van der Waals surface area (Å²) in [5.41, 5.74) is 2.59. The Morgan fingerprint density at radius 3 is 2.61 bits per heavy atom. The summed E-state index contributed by atoms with van der Waals surface area (Å²) < 4.78 is 7.34. The zero-order valence-corrected chi connectivity index (χ0v) is 17.2. The van der Waals surface area contributed by atoms with Crippen LogP contribution < -0.4 is 5.43 Å². The van der Waals surface area contributed by atoms with E-state index in [0.29, 0.717) is 12.3 Å². The third kappa shape index (κ3) is 4.16. The SMILES string of the molecule is CCCn1cc(C(=O)O)c(=O)cc1/C(=C1\C=CC=C(OC)C1=NC)C(C)CC. The Bertz CT molecular complexity index is 932. The van der Waals surface area contributed by atoms with Gasteiger partial charge >= 0.3 is 5.97 Å². The van der Waals surface area contributed by atoms with Crippen molar-refractivity contribution in [3.63, 3.8) is 0 Å². The summed E-state index contributed by atoms with van der Waals surface area (Å²) in [6.45, 7) is 6.81. The van der Waals surface area contributed by atoms with Crippen molar-refractivity contribution in [2.45, 2.75) is 40.2 Å². The number of aryl methyl sites for hydroxylation is 1. The fraction of sp³-hybridized carbons (Fsp3) is 0.409. The summed E-state index contributed by atoms with van der Waals surface area (Å²) in [7, 11) is 3.31. The molecule has 1 heterocycles. The molecule has 1 atom stereocenters. The van der Waals surface area contributed by atoms with Gasteiger partial charge in [0, 0.05) is 37.1 Å². The fourth-order valence-electron chi connectivity index (χ4n) is 3.39. The molecule has 1 N–H and O–H groups in total. The number of pyridine rings is 1. The van der Waals surface area contributed by atoms with Crippen molar-refractivity contribution in [1.29, 1.82) is 0 Å². The van der Waals surface area contributed by atoms with E-state index < -0.39 is 11.4 Å². The van der Waals surface area contributed by atoms with Gasteiger partial charge in [-0.2, -0.15) is 0 Å². The van der Waals surface area contributed by atoms with Gasteiger partial charge in [-0.25, -0.2) is 4.79 Å². The highest BCUT2D eigenvalue weighted by Gasteiger charge is 2.25. The van der Waals surface area contributed by atoms with Crippen LogP contribution in [0.4, 0.5) is 0 Å². The van der Waals surface area contributed by atoms with E-state index in [9.17, 15) is 14.7 Å². The first-order valence-electron chi connectivity index (χ1n) is 9.51. The zero-order chi connectivity index (χ0) is 20.8. The topological polar surface area (TPSA) is 80.9 Å². The van der Waals surface area contributed by atoms with Gasteiger partial charge in [0.15, 0.2) is 5.43 Å². The van der Waals surface area contributed by atoms with Crippen molar-refractivity contribution < 1.29 is 14.6 Å². The second kappa shape index (κ2) is 9.35. The van der Waals surface area contributed by atoms with Crippen molar-refractivity contribution >= 4 is 17.3 Å². The molecular formula is C22H28N2O4. The number of carbonyl (C=O) groups is 1. The Morgan fingerprint density at radius 2 is 2.07 bits per heavy atom. The predicted molar refractivity (Wildman–Crippen MR) is 112 cm³/mol. The Labute approximate surface area is 165 Å². The Kier molecular flexibility index (Phi) is 7.15. The first kappa shape index (κ1) is 21.4. The van der Waals surface area contributed by atoms with E-state index in [1.165, 1.54) is 12.3 Å². The molecule has 0 bridgehead atoms. The van der Waals surface area contributed by atoms with Crippen LogP contribution in [0.15, 0.2) is 51.6 Å². The van der Waals surface area contributed by atoms with Crippen molar-refractivity contribution in [2.75, 3.05) is 14.2 Å². The van der Waals surface area contributed by atoms with Crippen LogP contribution in [0.5, 0.6) is 0 Å². The van der Waals surface area contributed by atoms with Gasteiger partial charge in [-0.1, -0.05) is 32.9 Å². The maximum absolute atomic E-state index is 12.5. The van der Waals surface area contributed by atoms with Crippen LogP contribution in [0.2, 0.25) is 0 Å². The second-order valence-corrected chi connectivity index (χ2v) is 6.74. The molecule has 1 aromatic heterocycles. The highest BCUT2D eigenvalue weighted by Crippen LogP contribution is 2.33. The van der Waals surface area contributed by atoms with Crippen LogP contribution >= 0.6 is 0 Å². The summed E-state index contributed by atoms with van der Waals surface area (Å²) in [4.78, 5) is 28.4. The quantitative estimate of drug-likeness (QED) is 0.772. The number of aromatic nitrogens is 1. The molecule has 1 aromatic rings. The summed E-state index contributed by atoms with van der Waals surface area (Å²) in [6, 6.07) is 1.44. The van der Waals surface area contributed by atoms with Crippen LogP contribution in [0.25, 0.3) is 5.57 Å². The standard InChI is InChI=1S/C22H28N2O4/c1-6-11-24-13-16(22(26)27)18(25)12-17(24)20(14(3)7-2)15-9-8-10-19(28-5)21(15)23-4/h8-10,12-14H,6-7,11H2,1-5H3,(H,26,27)/b20-15+,23-21?. The lowest BCUT2D eigenvalue weighted by Crippen LogP contribution is -2.23. The number of aromatic carboxylic acids is 1. The molecule has 0 fully saturated rings. The number of carboxylic acid groups (broad SMARTS) is 1. The molecule has 2 rings (SSSR count). The Hall–Kier alpha value is -2.89. The van der Waals surface area contributed by atoms with E-state index in [1.807, 2.05) is 29.7 Å². The van der Waals surface area contributed by atoms with Gasteiger partial charge in [0.25, 0.3) is 0 Å². The molecule has 1 unspecified atom stereocenters. The summed E-state index contributed by atoms with van der Waals surface area (Å²) in [6.07, 6.45) is 8.85. The van der Waals surface area contributed by atoms with Gasteiger partial charge in [0.1, 0.15) is 17.0 Å². The number of aliphatic imine (C=N–C) groups is 1. The molecule has 1 aliphatic rings. The Balaban J connectivity index is 2.87. The average molecular weight is 384 g/mol. The molecule has 6 nitrogen and oxygen atoms in total. The highest BCUT2D eigenvalue weighted by atomic mass is 16.5. The summed E-state index contributed by atoms with van der Waals surface area (Å²) >= 11 is 0. The minimum Gasteiger partial charge on any atom is -0.494 e. The Morgan fingerprint density at radius 1 is 1.36 bits per heavy atom. The highest BCUT2D eigenvalue weighted by molar-refractivity contribution is 6.18. The number of hydrogen-bond acceptors (Lipinski definition) is 4. The molecule has 0 spiro atoms. The third-order valence-electron chi connectivity index (χ3n) is 4.94. The largest absolute Gasteiger partial charge is 0.494 e. The van der Waals surface area contributed by atoms with Gasteiger partial charge < -0.3 is 14.4 Å². The van der Waals surface area contributed by atoms with E-state index >= 15 is 0 Å². The van der Waals surface area contributed by atoms with E-state index in [2.05, 4.69) is 18.8 Å². The molecule has 0 saturated heterocycles. The summed E-state index contributed by atoms with van der Waals surface area (Å²) in [5, 5.41) is 9.36. The van der Waals surface area contributed by atoms with E-state index in [0.717, 1.165) is 35.4 Å². The van der Waals surface area contributed by atoms with Crippen molar-refractivity contribution in [2.24, 2.45) is 10.9 Å². The number of carboxylic acids is 1. The molecule has 0 aliphatic heterocycles. The van der Waals surface area contributed by atoms with Crippen molar-refractivity contribution in [3.05, 3.63) is 63.3 Å². The predicted octanol–water partition coefficient (Wildman–Crippen LogP) is 3.93. The lowest BCUT2D eigenvalue weighted by atomic mass is 9.86. The van der Waals surface area contributed by atoms with Crippen LogP contribution in [0.3, 0.4) is 0 Å². The van der Waals surface area contributed by atoms with Crippen molar-refractivity contribution in [3.8, 4) is 0 Å². The lowest BCUT2D eigenvalue weighted by Gasteiger charge is -2.25. The molecule has 0 saturated carbocycles. The molecule has 0 amide bonds.